The molecule has 2 nitrogen and oxygen atoms in total. The second kappa shape index (κ2) is 4.76. The number of nitrogens with two attached hydrogens (primary N) is 1. The summed E-state index contributed by atoms with van der Waals surface area (Å²) in [6.07, 6.45) is 4.90. The molecule has 0 amide bonds. The Kier molecular flexibility index (Phi) is 3.55. The molecule has 88 valence electrons. The van der Waals surface area contributed by atoms with E-state index in [1.165, 1.54) is 25.7 Å². The van der Waals surface area contributed by atoms with Gasteiger partial charge in [0.2, 0.25) is 0 Å². The van der Waals surface area contributed by atoms with Crippen LogP contribution in [0.25, 0.3) is 0 Å². The maximum absolute atomic E-state index is 10.1. The van der Waals surface area contributed by atoms with Gasteiger partial charge in [0.1, 0.15) is 5.75 Å². The molecule has 1 aromatic carbocycles. The SMILES string of the molecule is Cc1ccc(Br)c([C@@H](N)C2CCCC2)c1O. The second-order valence-electron chi connectivity index (χ2n) is 4.70. The third-order valence-electron chi connectivity index (χ3n) is 3.61. The monoisotopic (exact) mass is 283 g/mol. The molecule has 0 aliphatic heterocycles. The summed E-state index contributed by atoms with van der Waals surface area (Å²) < 4.78 is 0.926. The van der Waals surface area contributed by atoms with E-state index in [0.717, 1.165) is 15.6 Å². The van der Waals surface area contributed by atoms with Crippen LogP contribution in [0.5, 0.6) is 5.75 Å². The zero-order chi connectivity index (χ0) is 11.7. The summed E-state index contributed by atoms with van der Waals surface area (Å²) in [6, 6.07) is 3.83. The van der Waals surface area contributed by atoms with E-state index in [2.05, 4.69) is 15.9 Å². The van der Waals surface area contributed by atoms with Crippen molar-refractivity contribution in [3.8, 4) is 5.75 Å². The lowest BCUT2D eigenvalue weighted by molar-refractivity contribution is 0.409. The van der Waals surface area contributed by atoms with Crippen LogP contribution in [0.3, 0.4) is 0 Å². The molecule has 3 N–H and O–H groups in total. The van der Waals surface area contributed by atoms with E-state index in [1.54, 1.807) is 0 Å². The molecule has 1 aromatic rings. The number of phenols is 1. The Morgan fingerprint density at radius 3 is 2.62 bits per heavy atom. The van der Waals surface area contributed by atoms with Gasteiger partial charge < -0.3 is 10.8 Å². The van der Waals surface area contributed by atoms with Gasteiger partial charge >= 0.3 is 0 Å². The summed E-state index contributed by atoms with van der Waals surface area (Å²) >= 11 is 3.49. The van der Waals surface area contributed by atoms with E-state index in [-0.39, 0.29) is 6.04 Å². The lowest BCUT2D eigenvalue weighted by atomic mass is 9.91. The number of hydrogen-bond donors (Lipinski definition) is 2. The van der Waals surface area contributed by atoms with Gasteiger partial charge in [0, 0.05) is 16.1 Å². The molecule has 1 aliphatic rings. The van der Waals surface area contributed by atoms with Gasteiger partial charge in [-0.15, -0.1) is 0 Å². The molecule has 2 rings (SSSR count). The highest BCUT2D eigenvalue weighted by atomic mass is 79.9. The molecule has 0 saturated heterocycles. The van der Waals surface area contributed by atoms with Crippen molar-refractivity contribution in [3.63, 3.8) is 0 Å². The van der Waals surface area contributed by atoms with Crippen LogP contribution >= 0.6 is 15.9 Å². The lowest BCUT2D eigenvalue weighted by Crippen LogP contribution is -2.20. The molecule has 1 aliphatic carbocycles. The summed E-state index contributed by atoms with van der Waals surface area (Å²) in [6.45, 7) is 1.91. The van der Waals surface area contributed by atoms with Crippen molar-refractivity contribution in [1.29, 1.82) is 0 Å². The normalized spacial score (nSPS) is 18.9. The number of phenolic OH excluding ortho intramolecular Hbond substituents is 1. The van der Waals surface area contributed by atoms with Crippen molar-refractivity contribution >= 4 is 15.9 Å². The zero-order valence-corrected chi connectivity index (χ0v) is 11.1. The van der Waals surface area contributed by atoms with Gasteiger partial charge in [-0.3, -0.25) is 0 Å². The highest BCUT2D eigenvalue weighted by molar-refractivity contribution is 9.10. The van der Waals surface area contributed by atoms with Crippen LogP contribution in [0, 0.1) is 12.8 Å². The molecule has 1 saturated carbocycles. The van der Waals surface area contributed by atoms with Gasteiger partial charge in [-0.05, 0) is 37.3 Å². The smallest absolute Gasteiger partial charge is 0.124 e. The van der Waals surface area contributed by atoms with E-state index in [1.807, 2.05) is 19.1 Å². The van der Waals surface area contributed by atoms with Gasteiger partial charge in [0.25, 0.3) is 0 Å². The molecule has 0 aromatic heterocycles. The Morgan fingerprint density at radius 1 is 1.38 bits per heavy atom. The fourth-order valence-electron chi connectivity index (χ4n) is 2.56. The Hall–Kier alpha value is -0.540. The van der Waals surface area contributed by atoms with Gasteiger partial charge in [0.15, 0.2) is 0 Å². The second-order valence-corrected chi connectivity index (χ2v) is 5.55. The summed E-state index contributed by atoms with van der Waals surface area (Å²) in [5.74, 6) is 0.873. The Morgan fingerprint density at radius 2 is 2.00 bits per heavy atom. The van der Waals surface area contributed by atoms with Crippen molar-refractivity contribution < 1.29 is 5.11 Å². The number of aromatic hydroxyl groups is 1. The summed E-state index contributed by atoms with van der Waals surface area (Å²) in [5.41, 5.74) is 8.06. The largest absolute Gasteiger partial charge is 0.507 e. The minimum absolute atomic E-state index is 0.0447. The van der Waals surface area contributed by atoms with Crippen LogP contribution in [0.15, 0.2) is 16.6 Å². The summed E-state index contributed by atoms with van der Waals surface area (Å²) in [5, 5.41) is 10.1. The van der Waals surface area contributed by atoms with Crippen LogP contribution in [-0.4, -0.2) is 5.11 Å². The average Bonchev–Trinajstić information content (AvgIpc) is 2.77. The molecule has 0 unspecified atom stereocenters. The predicted octanol–water partition coefficient (Wildman–Crippen LogP) is 3.65. The summed E-state index contributed by atoms with van der Waals surface area (Å²) in [7, 11) is 0. The van der Waals surface area contributed by atoms with Crippen LogP contribution in [0.2, 0.25) is 0 Å². The fraction of sp³-hybridized carbons (Fsp3) is 0.538. The number of aryl methyl sites for hydroxylation is 1. The molecule has 0 bridgehead atoms. The van der Waals surface area contributed by atoms with E-state index in [4.69, 9.17) is 5.73 Å². The van der Waals surface area contributed by atoms with Crippen molar-refractivity contribution in [3.05, 3.63) is 27.7 Å². The summed E-state index contributed by atoms with van der Waals surface area (Å²) in [4.78, 5) is 0. The fourth-order valence-corrected chi connectivity index (χ4v) is 3.15. The maximum Gasteiger partial charge on any atom is 0.124 e. The molecular weight excluding hydrogens is 266 g/mol. The van der Waals surface area contributed by atoms with Gasteiger partial charge in [-0.1, -0.05) is 34.8 Å². The lowest BCUT2D eigenvalue weighted by Gasteiger charge is -2.22. The minimum Gasteiger partial charge on any atom is -0.507 e. The number of rotatable bonds is 2. The maximum atomic E-state index is 10.1. The van der Waals surface area contributed by atoms with Crippen LogP contribution in [-0.2, 0) is 0 Å². The Balaban J connectivity index is 2.34. The first kappa shape index (κ1) is 11.9. The predicted molar refractivity (Wildman–Crippen MR) is 69.4 cm³/mol. The molecule has 0 spiro atoms. The highest BCUT2D eigenvalue weighted by Gasteiger charge is 2.27. The van der Waals surface area contributed by atoms with Crippen molar-refractivity contribution in [2.45, 2.75) is 38.6 Å². The van der Waals surface area contributed by atoms with Crippen molar-refractivity contribution in [2.75, 3.05) is 0 Å². The first-order valence-corrected chi connectivity index (χ1v) is 6.64. The van der Waals surface area contributed by atoms with Crippen LogP contribution < -0.4 is 5.73 Å². The molecule has 0 radical (unpaired) electrons. The average molecular weight is 284 g/mol. The minimum atomic E-state index is -0.0447. The van der Waals surface area contributed by atoms with Gasteiger partial charge in [-0.25, -0.2) is 0 Å². The highest BCUT2D eigenvalue weighted by Crippen LogP contribution is 2.41. The third kappa shape index (κ3) is 2.11. The quantitative estimate of drug-likeness (QED) is 0.870. The number of benzene rings is 1. The molecule has 1 fully saturated rings. The van der Waals surface area contributed by atoms with Crippen LogP contribution in [0.4, 0.5) is 0 Å². The molecule has 0 heterocycles. The molecule has 3 heteroatoms. The third-order valence-corrected chi connectivity index (χ3v) is 4.30. The van der Waals surface area contributed by atoms with E-state index in [0.29, 0.717) is 11.7 Å². The number of hydrogen-bond acceptors (Lipinski definition) is 2. The molecule has 16 heavy (non-hydrogen) atoms. The standard InChI is InChI=1S/C13H18BrNO/c1-8-6-7-10(14)11(13(8)16)12(15)9-4-2-3-5-9/h6-7,9,12,16H,2-5,15H2,1H3/t12-/m0/s1. The number of halogens is 1. The van der Waals surface area contributed by atoms with E-state index >= 15 is 0 Å². The van der Waals surface area contributed by atoms with Crippen molar-refractivity contribution in [1.82, 2.24) is 0 Å². The van der Waals surface area contributed by atoms with E-state index in [9.17, 15) is 5.11 Å². The molecule has 1 atom stereocenters. The van der Waals surface area contributed by atoms with Crippen molar-refractivity contribution in [2.24, 2.45) is 11.7 Å². The van der Waals surface area contributed by atoms with Gasteiger partial charge in [-0.2, -0.15) is 0 Å². The van der Waals surface area contributed by atoms with Gasteiger partial charge in [0.05, 0.1) is 0 Å². The Labute approximate surface area is 105 Å². The topological polar surface area (TPSA) is 46.2 Å². The van der Waals surface area contributed by atoms with E-state index < -0.39 is 0 Å². The van der Waals surface area contributed by atoms with Crippen LogP contribution in [0.1, 0.15) is 42.9 Å². The first-order chi connectivity index (χ1) is 7.61. The zero-order valence-electron chi connectivity index (χ0n) is 9.54. The Bertz CT molecular complexity index is 386. The first-order valence-electron chi connectivity index (χ1n) is 5.85. The molecular formula is C13H18BrNO.